The summed E-state index contributed by atoms with van der Waals surface area (Å²) in [5.41, 5.74) is 0.490. The van der Waals surface area contributed by atoms with Crippen molar-refractivity contribution in [2.75, 3.05) is 6.61 Å². The van der Waals surface area contributed by atoms with Crippen LogP contribution in [0.15, 0.2) is 12.2 Å². The van der Waals surface area contributed by atoms with E-state index in [9.17, 15) is 4.79 Å². The largest absolute Gasteiger partial charge is 0.462 e. The van der Waals surface area contributed by atoms with Crippen molar-refractivity contribution in [2.24, 2.45) is 17.8 Å². The Morgan fingerprint density at radius 3 is 2.50 bits per heavy atom. The monoisotopic (exact) mass is 196 g/mol. The molecule has 80 valence electrons. The zero-order valence-corrected chi connectivity index (χ0v) is 9.38. The van der Waals surface area contributed by atoms with Crippen LogP contribution in [0.2, 0.25) is 0 Å². The number of hydrogen-bond donors (Lipinski definition) is 0. The first-order chi connectivity index (χ1) is 6.52. The van der Waals surface area contributed by atoms with Crippen LogP contribution in [-0.2, 0) is 9.53 Å². The molecule has 14 heavy (non-hydrogen) atoms. The van der Waals surface area contributed by atoms with Crippen LogP contribution in [0.3, 0.4) is 0 Å². The normalized spacial score (nSPS) is 31.5. The van der Waals surface area contributed by atoms with Gasteiger partial charge in [0.15, 0.2) is 0 Å². The Balaban J connectivity index is 2.32. The number of carbonyl (C=O) groups is 1. The van der Waals surface area contributed by atoms with E-state index in [4.69, 9.17) is 4.74 Å². The van der Waals surface area contributed by atoms with E-state index >= 15 is 0 Å². The Hall–Kier alpha value is -0.790. The number of ether oxygens (including phenoxy) is 1. The van der Waals surface area contributed by atoms with Crippen LogP contribution in [0.4, 0.5) is 0 Å². The molecule has 0 bridgehead atoms. The summed E-state index contributed by atoms with van der Waals surface area (Å²) in [6.07, 6.45) is 2.45. The van der Waals surface area contributed by atoms with Gasteiger partial charge in [0, 0.05) is 5.57 Å². The van der Waals surface area contributed by atoms with E-state index in [-0.39, 0.29) is 5.97 Å². The van der Waals surface area contributed by atoms with Crippen molar-refractivity contribution in [3.05, 3.63) is 12.2 Å². The fourth-order valence-electron chi connectivity index (χ4n) is 2.01. The number of carbonyl (C=O) groups excluding carboxylic acids is 1. The first-order valence-corrected chi connectivity index (χ1v) is 5.35. The van der Waals surface area contributed by atoms with Gasteiger partial charge in [0.1, 0.15) is 0 Å². The first kappa shape index (κ1) is 11.3. The summed E-state index contributed by atoms with van der Waals surface area (Å²) in [7, 11) is 0. The third kappa shape index (κ3) is 2.60. The Bertz CT molecular complexity index is 232. The first-order valence-electron chi connectivity index (χ1n) is 5.35. The molecule has 1 saturated carbocycles. The highest BCUT2D eigenvalue weighted by molar-refractivity contribution is 5.86. The molecule has 3 atom stereocenters. The minimum Gasteiger partial charge on any atom is -0.462 e. The molecule has 1 fully saturated rings. The topological polar surface area (TPSA) is 26.3 Å². The Morgan fingerprint density at radius 1 is 1.43 bits per heavy atom. The highest BCUT2D eigenvalue weighted by Crippen LogP contribution is 2.36. The molecule has 1 rings (SSSR count). The van der Waals surface area contributed by atoms with E-state index < -0.39 is 0 Å². The summed E-state index contributed by atoms with van der Waals surface area (Å²) in [4.78, 5) is 11.2. The second-order valence-electron chi connectivity index (χ2n) is 4.55. The number of rotatable bonds is 3. The minimum absolute atomic E-state index is 0.253. The molecule has 0 saturated heterocycles. The maximum absolute atomic E-state index is 11.2. The molecule has 0 aromatic rings. The molecule has 3 unspecified atom stereocenters. The van der Waals surface area contributed by atoms with E-state index in [2.05, 4.69) is 20.4 Å². The second kappa shape index (κ2) is 4.63. The zero-order valence-electron chi connectivity index (χ0n) is 9.38. The summed E-state index contributed by atoms with van der Waals surface area (Å²) in [5.74, 6) is 1.74. The van der Waals surface area contributed by atoms with Crippen molar-refractivity contribution in [3.63, 3.8) is 0 Å². The quantitative estimate of drug-likeness (QED) is 0.512. The van der Waals surface area contributed by atoms with Crippen LogP contribution in [0.25, 0.3) is 0 Å². The van der Waals surface area contributed by atoms with Gasteiger partial charge in [-0.25, -0.2) is 4.79 Å². The van der Waals surface area contributed by atoms with E-state index in [0.29, 0.717) is 24.0 Å². The summed E-state index contributed by atoms with van der Waals surface area (Å²) < 4.78 is 5.17. The van der Waals surface area contributed by atoms with Crippen molar-refractivity contribution >= 4 is 5.97 Å². The van der Waals surface area contributed by atoms with Crippen molar-refractivity contribution in [1.82, 2.24) is 0 Å². The molecule has 0 spiro atoms. The third-order valence-electron chi connectivity index (χ3n) is 3.41. The average Bonchev–Trinajstić information content (AvgIpc) is 2.44. The third-order valence-corrected chi connectivity index (χ3v) is 3.41. The molecule has 2 nitrogen and oxygen atoms in total. The summed E-state index contributed by atoms with van der Waals surface area (Å²) in [6, 6.07) is 0. The smallest absolute Gasteiger partial charge is 0.333 e. The Kier molecular flexibility index (Phi) is 3.73. The van der Waals surface area contributed by atoms with Gasteiger partial charge in [0.25, 0.3) is 0 Å². The van der Waals surface area contributed by atoms with Gasteiger partial charge in [-0.3, -0.25) is 0 Å². The Labute approximate surface area is 86.3 Å². The van der Waals surface area contributed by atoms with Gasteiger partial charge in [-0.2, -0.15) is 0 Å². The number of esters is 1. The van der Waals surface area contributed by atoms with Crippen LogP contribution in [0.5, 0.6) is 0 Å². The Morgan fingerprint density at radius 2 is 2.07 bits per heavy atom. The highest BCUT2D eigenvalue weighted by Gasteiger charge is 2.30. The van der Waals surface area contributed by atoms with Crippen LogP contribution in [0, 0.1) is 17.8 Å². The molecule has 0 N–H and O–H groups in total. The summed E-state index contributed by atoms with van der Waals surface area (Å²) >= 11 is 0. The van der Waals surface area contributed by atoms with Crippen molar-refractivity contribution in [2.45, 2.75) is 33.6 Å². The van der Waals surface area contributed by atoms with Gasteiger partial charge >= 0.3 is 5.97 Å². The fraction of sp³-hybridized carbons (Fsp3) is 0.750. The lowest BCUT2D eigenvalue weighted by atomic mass is 9.93. The van der Waals surface area contributed by atoms with Crippen LogP contribution in [0.1, 0.15) is 33.6 Å². The second-order valence-corrected chi connectivity index (χ2v) is 4.55. The van der Waals surface area contributed by atoms with Gasteiger partial charge < -0.3 is 4.74 Å². The van der Waals surface area contributed by atoms with Crippen molar-refractivity contribution in [1.29, 1.82) is 0 Å². The molecular formula is C12H20O2. The van der Waals surface area contributed by atoms with Crippen LogP contribution < -0.4 is 0 Å². The van der Waals surface area contributed by atoms with Crippen molar-refractivity contribution in [3.8, 4) is 0 Å². The lowest BCUT2D eigenvalue weighted by Gasteiger charge is -2.17. The summed E-state index contributed by atoms with van der Waals surface area (Å²) in [6.45, 7) is 10.3. The molecular weight excluding hydrogens is 176 g/mol. The van der Waals surface area contributed by atoms with E-state index in [1.807, 2.05) is 0 Å². The molecule has 0 aromatic carbocycles. The van der Waals surface area contributed by atoms with Gasteiger partial charge in [0.2, 0.25) is 0 Å². The van der Waals surface area contributed by atoms with E-state index in [0.717, 1.165) is 5.92 Å². The zero-order chi connectivity index (χ0) is 10.7. The van der Waals surface area contributed by atoms with Gasteiger partial charge in [-0.1, -0.05) is 26.8 Å². The van der Waals surface area contributed by atoms with Crippen LogP contribution in [-0.4, -0.2) is 12.6 Å². The maximum atomic E-state index is 11.2. The molecule has 0 aromatic heterocycles. The minimum atomic E-state index is -0.253. The highest BCUT2D eigenvalue weighted by atomic mass is 16.5. The maximum Gasteiger partial charge on any atom is 0.333 e. The lowest BCUT2D eigenvalue weighted by Crippen LogP contribution is -2.18. The molecule has 0 amide bonds. The molecule has 0 radical (unpaired) electrons. The van der Waals surface area contributed by atoms with Crippen molar-refractivity contribution < 1.29 is 9.53 Å². The van der Waals surface area contributed by atoms with E-state index in [1.165, 1.54) is 12.8 Å². The predicted molar refractivity (Wildman–Crippen MR) is 56.8 cm³/mol. The molecule has 0 aliphatic heterocycles. The van der Waals surface area contributed by atoms with Gasteiger partial charge in [-0.15, -0.1) is 0 Å². The van der Waals surface area contributed by atoms with E-state index in [1.54, 1.807) is 6.92 Å². The predicted octanol–water partition coefficient (Wildman–Crippen LogP) is 2.79. The average molecular weight is 196 g/mol. The molecule has 1 aliphatic carbocycles. The van der Waals surface area contributed by atoms with Gasteiger partial charge in [-0.05, 0) is 31.1 Å². The standard InChI is InChI=1S/C12H20O2/c1-8(2)12(13)14-7-11-6-5-9(3)10(11)4/h9-11H,1,5-7H2,2-4H3. The fourth-order valence-corrected chi connectivity index (χ4v) is 2.01. The van der Waals surface area contributed by atoms with Crippen LogP contribution >= 0.6 is 0 Å². The molecule has 1 aliphatic rings. The van der Waals surface area contributed by atoms with Gasteiger partial charge in [0.05, 0.1) is 6.61 Å². The molecule has 2 heteroatoms. The lowest BCUT2D eigenvalue weighted by molar-refractivity contribution is -0.140. The number of hydrogen-bond acceptors (Lipinski definition) is 2. The SMILES string of the molecule is C=C(C)C(=O)OCC1CCC(C)C1C. The molecule has 0 heterocycles. The summed E-state index contributed by atoms with van der Waals surface area (Å²) in [5, 5.41) is 0.